The van der Waals surface area contributed by atoms with Gasteiger partial charge in [-0.3, -0.25) is 0 Å². The van der Waals surface area contributed by atoms with Crippen LogP contribution >= 0.6 is 0 Å². The standard InChI is InChI=1S/C15H23NO2/c1-4-11(2)12-5-7-13(8-6-12)15(3)17-10-14(9-16)18-15/h5-8,11,14H,4,9-10,16H2,1-3H3. The zero-order valence-electron chi connectivity index (χ0n) is 11.5. The molecule has 1 fully saturated rings. The van der Waals surface area contributed by atoms with Gasteiger partial charge in [0, 0.05) is 12.1 Å². The topological polar surface area (TPSA) is 44.5 Å². The zero-order chi connectivity index (χ0) is 13.2. The van der Waals surface area contributed by atoms with E-state index >= 15 is 0 Å². The number of rotatable bonds is 4. The molecule has 1 aliphatic heterocycles. The van der Waals surface area contributed by atoms with E-state index < -0.39 is 5.79 Å². The Bertz CT molecular complexity index is 390. The number of nitrogens with two attached hydrogens (primary N) is 1. The Labute approximate surface area is 109 Å². The molecule has 0 aliphatic carbocycles. The maximum absolute atomic E-state index is 5.86. The lowest BCUT2D eigenvalue weighted by molar-refractivity contribution is -0.160. The van der Waals surface area contributed by atoms with Crippen molar-refractivity contribution < 1.29 is 9.47 Å². The molecule has 0 saturated carbocycles. The van der Waals surface area contributed by atoms with Gasteiger partial charge in [-0.2, -0.15) is 0 Å². The van der Waals surface area contributed by atoms with Gasteiger partial charge in [0.05, 0.1) is 12.7 Å². The van der Waals surface area contributed by atoms with E-state index in [1.54, 1.807) is 0 Å². The first-order valence-corrected chi connectivity index (χ1v) is 6.71. The van der Waals surface area contributed by atoms with Crippen LogP contribution in [0.1, 0.15) is 44.2 Å². The molecule has 2 N–H and O–H groups in total. The van der Waals surface area contributed by atoms with Gasteiger partial charge in [-0.05, 0) is 24.8 Å². The summed E-state index contributed by atoms with van der Waals surface area (Å²) in [5.41, 5.74) is 8.03. The minimum absolute atomic E-state index is 0.00393. The van der Waals surface area contributed by atoms with Crippen molar-refractivity contribution in [2.24, 2.45) is 5.73 Å². The Hall–Kier alpha value is -0.900. The molecule has 1 aliphatic rings. The summed E-state index contributed by atoms with van der Waals surface area (Å²) < 4.78 is 11.6. The second-order valence-electron chi connectivity index (χ2n) is 5.16. The van der Waals surface area contributed by atoms with Crippen molar-refractivity contribution in [1.29, 1.82) is 0 Å². The molecule has 100 valence electrons. The second kappa shape index (κ2) is 5.39. The van der Waals surface area contributed by atoms with Crippen LogP contribution < -0.4 is 5.73 Å². The first-order chi connectivity index (χ1) is 8.59. The lowest BCUT2D eigenvalue weighted by atomic mass is 9.96. The lowest BCUT2D eigenvalue weighted by Gasteiger charge is -2.24. The van der Waals surface area contributed by atoms with Crippen molar-refractivity contribution in [2.75, 3.05) is 13.2 Å². The lowest BCUT2D eigenvalue weighted by Crippen LogP contribution is -2.27. The van der Waals surface area contributed by atoms with Gasteiger partial charge in [0.15, 0.2) is 5.79 Å². The molecule has 18 heavy (non-hydrogen) atoms. The predicted octanol–water partition coefficient (Wildman–Crippen LogP) is 2.75. The van der Waals surface area contributed by atoms with Crippen molar-refractivity contribution in [3.63, 3.8) is 0 Å². The van der Waals surface area contributed by atoms with Gasteiger partial charge < -0.3 is 15.2 Å². The summed E-state index contributed by atoms with van der Waals surface area (Å²) in [6, 6.07) is 8.52. The molecule has 0 bridgehead atoms. The highest BCUT2D eigenvalue weighted by Crippen LogP contribution is 2.34. The molecule has 3 nitrogen and oxygen atoms in total. The SMILES string of the molecule is CCC(C)c1ccc(C2(C)OCC(CN)O2)cc1. The van der Waals surface area contributed by atoms with Gasteiger partial charge in [0.25, 0.3) is 0 Å². The molecule has 0 spiro atoms. The van der Waals surface area contributed by atoms with Crippen LogP contribution in [0.2, 0.25) is 0 Å². The summed E-state index contributed by atoms with van der Waals surface area (Å²) in [5.74, 6) is -0.0491. The number of hydrogen-bond acceptors (Lipinski definition) is 3. The monoisotopic (exact) mass is 249 g/mol. The summed E-state index contributed by atoms with van der Waals surface area (Å²) >= 11 is 0. The highest BCUT2D eigenvalue weighted by molar-refractivity contribution is 5.28. The van der Waals surface area contributed by atoms with Crippen LogP contribution in [0, 0.1) is 0 Å². The van der Waals surface area contributed by atoms with Crippen LogP contribution in [-0.2, 0) is 15.3 Å². The second-order valence-corrected chi connectivity index (χ2v) is 5.16. The Morgan fingerprint density at radius 1 is 1.39 bits per heavy atom. The van der Waals surface area contributed by atoms with Crippen LogP contribution in [0.3, 0.4) is 0 Å². The van der Waals surface area contributed by atoms with E-state index in [0.717, 1.165) is 12.0 Å². The normalized spacial score (nSPS) is 29.4. The molecule has 3 unspecified atom stereocenters. The molecule has 2 rings (SSSR count). The molecule has 1 heterocycles. The Balaban J connectivity index is 2.14. The minimum Gasteiger partial charge on any atom is -0.343 e. The van der Waals surface area contributed by atoms with Crippen molar-refractivity contribution in [1.82, 2.24) is 0 Å². The van der Waals surface area contributed by atoms with Crippen molar-refractivity contribution >= 4 is 0 Å². The quantitative estimate of drug-likeness (QED) is 0.892. The van der Waals surface area contributed by atoms with Crippen LogP contribution in [0.15, 0.2) is 24.3 Å². The van der Waals surface area contributed by atoms with E-state index in [-0.39, 0.29) is 6.10 Å². The molecule has 0 amide bonds. The van der Waals surface area contributed by atoms with Crippen LogP contribution in [0.5, 0.6) is 0 Å². The average molecular weight is 249 g/mol. The average Bonchev–Trinajstić information content (AvgIpc) is 2.81. The molecule has 3 heteroatoms. The minimum atomic E-state index is -0.641. The third-order valence-corrected chi connectivity index (χ3v) is 3.82. The smallest absolute Gasteiger partial charge is 0.192 e. The molecule has 0 radical (unpaired) electrons. The van der Waals surface area contributed by atoms with Gasteiger partial charge >= 0.3 is 0 Å². The fraction of sp³-hybridized carbons (Fsp3) is 0.600. The van der Waals surface area contributed by atoms with Crippen LogP contribution in [0.25, 0.3) is 0 Å². The van der Waals surface area contributed by atoms with Gasteiger partial charge in [0.2, 0.25) is 0 Å². The maximum atomic E-state index is 5.86. The van der Waals surface area contributed by atoms with E-state index in [4.69, 9.17) is 15.2 Å². The van der Waals surface area contributed by atoms with Crippen molar-refractivity contribution in [2.45, 2.75) is 45.0 Å². The maximum Gasteiger partial charge on any atom is 0.192 e. The van der Waals surface area contributed by atoms with Gasteiger partial charge in [-0.1, -0.05) is 38.1 Å². The highest BCUT2D eigenvalue weighted by Gasteiger charge is 2.38. The summed E-state index contributed by atoms with van der Waals surface area (Å²) in [5, 5.41) is 0. The Kier molecular flexibility index (Phi) is 4.05. The summed E-state index contributed by atoms with van der Waals surface area (Å²) in [7, 11) is 0. The number of ether oxygens (including phenoxy) is 2. The van der Waals surface area contributed by atoms with E-state index in [1.165, 1.54) is 5.56 Å². The van der Waals surface area contributed by atoms with Crippen molar-refractivity contribution in [3.8, 4) is 0 Å². The zero-order valence-corrected chi connectivity index (χ0v) is 11.5. The predicted molar refractivity (Wildman–Crippen MR) is 72.4 cm³/mol. The van der Waals surface area contributed by atoms with Gasteiger partial charge in [-0.15, -0.1) is 0 Å². The van der Waals surface area contributed by atoms with Gasteiger partial charge in [-0.25, -0.2) is 0 Å². The van der Waals surface area contributed by atoms with E-state index in [0.29, 0.717) is 19.1 Å². The van der Waals surface area contributed by atoms with E-state index in [1.807, 2.05) is 6.92 Å². The van der Waals surface area contributed by atoms with Crippen LogP contribution in [-0.4, -0.2) is 19.3 Å². The molecular formula is C15H23NO2. The fourth-order valence-electron chi connectivity index (χ4n) is 2.26. The largest absolute Gasteiger partial charge is 0.343 e. The molecule has 1 aromatic rings. The third kappa shape index (κ3) is 2.58. The summed E-state index contributed by atoms with van der Waals surface area (Å²) in [4.78, 5) is 0. The highest BCUT2D eigenvalue weighted by atomic mass is 16.7. The molecule has 3 atom stereocenters. The number of hydrogen-bond donors (Lipinski definition) is 1. The molecule has 1 saturated heterocycles. The number of benzene rings is 1. The molecule has 0 aromatic heterocycles. The van der Waals surface area contributed by atoms with E-state index in [9.17, 15) is 0 Å². The first-order valence-electron chi connectivity index (χ1n) is 6.71. The third-order valence-electron chi connectivity index (χ3n) is 3.82. The Morgan fingerprint density at radius 3 is 2.56 bits per heavy atom. The molecular weight excluding hydrogens is 226 g/mol. The Morgan fingerprint density at radius 2 is 2.06 bits per heavy atom. The molecule has 1 aromatic carbocycles. The van der Waals surface area contributed by atoms with Gasteiger partial charge in [0.1, 0.15) is 0 Å². The summed E-state index contributed by atoms with van der Waals surface area (Å²) in [6.07, 6.45) is 1.16. The van der Waals surface area contributed by atoms with Crippen LogP contribution in [0.4, 0.5) is 0 Å². The van der Waals surface area contributed by atoms with Crippen molar-refractivity contribution in [3.05, 3.63) is 35.4 Å². The fourth-order valence-corrected chi connectivity index (χ4v) is 2.26. The first kappa shape index (κ1) is 13.5. The van der Waals surface area contributed by atoms with E-state index in [2.05, 4.69) is 38.1 Å². The summed E-state index contributed by atoms with van der Waals surface area (Å²) in [6.45, 7) is 7.47.